The van der Waals surface area contributed by atoms with Crippen LogP contribution in [0.5, 0.6) is 5.75 Å². The van der Waals surface area contributed by atoms with Crippen LogP contribution < -0.4 is 4.31 Å². The summed E-state index contributed by atoms with van der Waals surface area (Å²) in [6.07, 6.45) is 0. The van der Waals surface area contributed by atoms with Crippen molar-refractivity contribution >= 4 is 66.3 Å². The molecule has 0 radical (unpaired) electrons. The molecule has 6 rings (SSSR count). The second-order valence-electron chi connectivity index (χ2n) is 11.2. The summed E-state index contributed by atoms with van der Waals surface area (Å²) in [4.78, 5) is 3.60. The van der Waals surface area contributed by atoms with Crippen LogP contribution in [0, 0.1) is 0 Å². The van der Waals surface area contributed by atoms with E-state index in [1.807, 2.05) is 87.5 Å². The van der Waals surface area contributed by atoms with Crippen molar-refractivity contribution in [2.75, 3.05) is 4.31 Å². The first kappa shape index (κ1) is 28.2. The average Bonchev–Trinajstić information content (AvgIpc) is 3.37. The zero-order valence-corrected chi connectivity index (χ0v) is 25.5. The number of H-pyrrole nitrogens is 1. The number of benzene rings is 5. The van der Waals surface area contributed by atoms with E-state index >= 15 is 0 Å². The normalized spacial score (nSPS) is 12.2. The number of hydrogen-bond donors (Lipinski definition) is 2. The van der Waals surface area contributed by atoms with Crippen LogP contribution in [-0.2, 0) is 15.4 Å². The molecule has 0 fully saturated rings. The van der Waals surface area contributed by atoms with Gasteiger partial charge in [-0.25, -0.2) is 12.7 Å². The molecule has 5 nitrogen and oxygen atoms in total. The van der Waals surface area contributed by atoms with Crippen LogP contribution in [0.15, 0.2) is 108 Å². The number of anilines is 2. The van der Waals surface area contributed by atoms with Gasteiger partial charge in [0.05, 0.1) is 26.3 Å². The predicted octanol–water partition coefficient (Wildman–Crippen LogP) is 9.82. The third kappa shape index (κ3) is 4.79. The highest BCUT2D eigenvalue weighted by Crippen LogP contribution is 2.49. The molecular weight excluding hydrogens is 587 g/mol. The monoisotopic (exact) mass is 614 g/mol. The van der Waals surface area contributed by atoms with Gasteiger partial charge < -0.3 is 10.1 Å². The second kappa shape index (κ2) is 10.4. The quantitative estimate of drug-likeness (QED) is 0.203. The van der Waals surface area contributed by atoms with Gasteiger partial charge in [-0.15, -0.1) is 0 Å². The second-order valence-corrected chi connectivity index (χ2v) is 13.8. The minimum atomic E-state index is -4.28. The topological polar surface area (TPSA) is 73.4 Å². The van der Waals surface area contributed by atoms with E-state index in [-0.39, 0.29) is 26.4 Å². The van der Waals surface area contributed by atoms with Crippen LogP contribution in [0.25, 0.3) is 32.8 Å². The molecule has 2 N–H and O–H groups in total. The van der Waals surface area contributed by atoms with Crippen molar-refractivity contribution in [1.29, 1.82) is 0 Å². The van der Waals surface area contributed by atoms with Gasteiger partial charge in [-0.1, -0.05) is 117 Å². The lowest BCUT2D eigenvalue weighted by atomic mass is 9.90. The Labute approximate surface area is 255 Å². The Kier molecular flexibility index (Phi) is 6.97. The molecule has 0 spiro atoms. The van der Waals surface area contributed by atoms with Crippen LogP contribution >= 0.6 is 23.2 Å². The molecule has 0 aliphatic rings. The van der Waals surface area contributed by atoms with Crippen LogP contribution in [0.1, 0.15) is 26.5 Å². The van der Waals surface area contributed by atoms with Gasteiger partial charge in [-0.05, 0) is 46.2 Å². The summed E-state index contributed by atoms with van der Waals surface area (Å²) in [6, 6.07) is 31.0. The number of hydrogen-bond acceptors (Lipinski definition) is 3. The van der Waals surface area contributed by atoms with E-state index in [1.54, 1.807) is 24.3 Å². The number of fused-ring (bicyclic) bond motifs is 3. The Hall–Kier alpha value is -3.97. The van der Waals surface area contributed by atoms with E-state index in [1.165, 1.54) is 16.4 Å². The number of halogens is 2. The minimum Gasteiger partial charge on any atom is -0.506 e. The fourth-order valence-corrected chi connectivity index (χ4v) is 7.28. The smallest absolute Gasteiger partial charge is 0.268 e. The number of phenolic OH excluding ortho intramolecular Hbond substituents is 1. The summed E-state index contributed by atoms with van der Waals surface area (Å²) in [5, 5.41) is 12.9. The summed E-state index contributed by atoms with van der Waals surface area (Å²) in [5.41, 5.74) is 3.45. The molecule has 0 unspecified atom stereocenters. The Bertz CT molecular complexity index is 2060. The van der Waals surface area contributed by atoms with Crippen molar-refractivity contribution < 1.29 is 13.5 Å². The molecule has 212 valence electrons. The molecule has 1 heterocycles. The highest BCUT2D eigenvalue weighted by molar-refractivity contribution is 7.93. The van der Waals surface area contributed by atoms with Gasteiger partial charge in [0, 0.05) is 28.1 Å². The summed E-state index contributed by atoms with van der Waals surface area (Å²) in [7, 11) is -4.28. The summed E-state index contributed by atoms with van der Waals surface area (Å²) < 4.78 is 30.9. The lowest BCUT2D eigenvalue weighted by molar-refractivity contribution is 0.475. The fourth-order valence-electron chi connectivity index (χ4n) is 5.30. The number of aromatic hydroxyl groups is 1. The number of phenols is 1. The van der Waals surface area contributed by atoms with Crippen molar-refractivity contribution in [2.45, 2.75) is 31.1 Å². The zero-order chi connectivity index (χ0) is 29.8. The van der Waals surface area contributed by atoms with Crippen molar-refractivity contribution in [2.24, 2.45) is 0 Å². The minimum absolute atomic E-state index is 0.0176. The first-order valence-corrected chi connectivity index (χ1v) is 15.6. The molecule has 6 aromatic rings. The van der Waals surface area contributed by atoms with Crippen LogP contribution in [-0.4, -0.2) is 18.5 Å². The SMILES string of the molecule is CC(C)(C)c1[nH]c2ccc3ccccc3c2c1N(c1cc(Cl)c(O)cc1Cl)S(=O)(=O)c1ccc(-c2ccccc2)cc1. The van der Waals surface area contributed by atoms with Crippen LogP contribution in [0.3, 0.4) is 0 Å². The predicted molar refractivity (Wildman–Crippen MR) is 174 cm³/mol. The Morgan fingerprint density at radius 1 is 0.762 bits per heavy atom. The van der Waals surface area contributed by atoms with Gasteiger partial charge in [-0.3, -0.25) is 0 Å². The Morgan fingerprint density at radius 3 is 2.10 bits per heavy atom. The fraction of sp³-hybridized carbons (Fsp3) is 0.118. The Balaban J connectivity index is 1.69. The standard InChI is InChI=1S/C34H28Cl2N2O3S/c1-34(2,3)33-32(31-25-12-8-7-11-23(25)15-18-28(31)37-33)38(29-19-27(36)30(39)20-26(29)35)42(40,41)24-16-13-22(14-17-24)21-9-5-4-6-10-21/h4-20,37,39H,1-3H3. The van der Waals surface area contributed by atoms with Crippen LogP contribution in [0.4, 0.5) is 11.4 Å². The molecular formula is C34H28Cl2N2O3S. The van der Waals surface area contributed by atoms with Crippen molar-refractivity contribution in [1.82, 2.24) is 4.98 Å². The lowest BCUT2D eigenvalue weighted by Crippen LogP contribution is -2.29. The molecule has 5 aromatic carbocycles. The maximum Gasteiger partial charge on any atom is 0.268 e. The van der Waals surface area contributed by atoms with E-state index in [4.69, 9.17) is 23.2 Å². The molecule has 1 aromatic heterocycles. The van der Waals surface area contributed by atoms with Crippen molar-refractivity contribution in [3.63, 3.8) is 0 Å². The summed E-state index contributed by atoms with van der Waals surface area (Å²) in [5.74, 6) is -0.240. The molecule has 8 heteroatoms. The third-order valence-electron chi connectivity index (χ3n) is 7.35. The van der Waals surface area contributed by atoms with E-state index in [2.05, 4.69) is 4.98 Å². The molecule has 0 aliphatic heterocycles. The van der Waals surface area contributed by atoms with Gasteiger partial charge in [0.15, 0.2) is 0 Å². The zero-order valence-electron chi connectivity index (χ0n) is 23.2. The van der Waals surface area contributed by atoms with Gasteiger partial charge >= 0.3 is 0 Å². The molecule has 0 bridgehead atoms. The number of aromatic amines is 1. The molecule has 0 saturated carbocycles. The third-order valence-corrected chi connectivity index (χ3v) is 9.68. The first-order chi connectivity index (χ1) is 20.0. The average molecular weight is 616 g/mol. The first-order valence-electron chi connectivity index (χ1n) is 13.4. The summed E-state index contributed by atoms with van der Waals surface area (Å²) >= 11 is 13.1. The lowest BCUT2D eigenvalue weighted by Gasteiger charge is -2.30. The van der Waals surface area contributed by atoms with E-state index in [9.17, 15) is 13.5 Å². The molecule has 0 atom stereocenters. The van der Waals surface area contributed by atoms with Gasteiger partial charge in [0.2, 0.25) is 0 Å². The highest BCUT2D eigenvalue weighted by Gasteiger charge is 2.36. The number of rotatable bonds is 5. The van der Waals surface area contributed by atoms with Crippen molar-refractivity contribution in [3.8, 4) is 16.9 Å². The number of nitrogens with zero attached hydrogens (tertiary/aromatic N) is 1. The van der Waals surface area contributed by atoms with E-state index in [0.717, 1.165) is 32.8 Å². The van der Waals surface area contributed by atoms with Gasteiger partial charge in [0.25, 0.3) is 10.0 Å². The van der Waals surface area contributed by atoms with E-state index < -0.39 is 15.4 Å². The largest absolute Gasteiger partial charge is 0.506 e. The highest BCUT2D eigenvalue weighted by atomic mass is 35.5. The molecule has 42 heavy (non-hydrogen) atoms. The molecule has 0 amide bonds. The molecule has 0 saturated heterocycles. The number of sulfonamides is 1. The number of nitrogens with one attached hydrogen (secondary N) is 1. The maximum atomic E-state index is 14.8. The van der Waals surface area contributed by atoms with Crippen LogP contribution in [0.2, 0.25) is 10.0 Å². The van der Waals surface area contributed by atoms with Gasteiger partial charge in [-0.2, -0.15) is 0 Å². The maximum absolute atomic E-state index is 14.8. The summed E-state index contributed by atoms with van der Waals surface area (Å²) in [6.45, 7) is 6.07. The van der Waals surface area contributed by atoms with Gasteiger partial charge in [0.1, 0.15) is 5.75 Å². The van der Waals surface area contributed by atoms with Crippen molar-refractivity contribution in [3.05, 3.63) is 119 Å². The molecule has 0 aliphatic carbocycles. The number of aromatic nitrogens is 1. The Morgan fingerprint density at radius 2 is 1.40 bits per heavy atom. The van der Waals surface area contributed by atoms with E-state index in [0.29, 0.717) is 11.4 Å².